The Morgan fingerprint density at radius 2 is 1.70 bits per heavy atom. The largest absolute Gasteiger partial charge is 0.513 e. The number of nitrogens with zero attached hydrogens (tertiary/aromatic N) is 2. The highest BCUT2D eigenvalue weighted by molar-refractivity contribution is 6.23. The molecule has 0 fully saturated rings. The van der Waals surface area contributed by atoms with Crippen LogP contribution in [0.4, 0.5) is 24.5 Å². The normalized spacial score (nSPS) is 13.6. The molecule has 1 aliphatic heterocycles. The summed E-state index contributed by atoms with van der Waals surface area (Å²) in [6, 6.07) is 11.7. The van der Waals surface area contributed by atoms with E-state index in [-0.39, 0.29) is 30.2 Å². The maximum atomic E-state index is 13.0. The van der Waals surface area contributed by atoms with E-state index in [0.29, 0.717) is 22.7 Å². The second kappa shape index (κ2) is 17.0. The van der Waals surface area contributed by atoms with Gasteiger partial charge in [-0.2, -0.15) is 13.2 Å². The quantitative estimate of drug-likeness (QED) is 0.318. The van der Waals surface area contributed by atoms with Crippen LogP contribution >= 0.6 is 0 Å². The van der Waals surface area contributed by atoms with Crippen LogP contribution in [0, 0.1) is 0 Å². The van der Waals surface area contributed by atoms with E-state index in [0.717, 1.165) is 18.6 Å². The van der Waals surface area contributed by atoms with Crippen LogP contribution in [0.15, 0.2) is 90.3 Å². The Hall–Kier alpha value is -3.61. The first-order chi connectivity index (χ1) is 17.6. The fourth-order valence-corrected chi connectivity index (χ4v) is 3.08. The first-order valence-electron chi connectivity index (χ1n) is 12.4. The molecule has 1 aliphatic rings. The third kappa shape index (κ3) is 10.5. The van der Waals surface area contributed by atoms with E-state index in [9.17, 15) is 23.1 Å². The predicted octanol–water partition coefficient (Wildman–Crippen LogP) is 9.56. The van der Waals surface area contributed by atoms with Crippen molar-refractivity contribution >= 4 is 23.0 Å². The van der Waals surface area contributed by atoms with Crippen molar-refractivity contribution in [3.63, 3.8) is 0 Å². The molecule has 2 aromatic carbocycles. The number of aliphatic imine (C=N–C) groups is 1. The number of aliphatic hydroxyl groups excluding tert-OH is 1. The van der Waals surface area contributed by atoms with Gasteiger partial charge < -0.3 is 5.11 Å². The number of carbonyl (C=O) groups excluding carboxylic acids is 1. The van der Waals surface area contributed by atoms with Gasteiger partial charge in [-0.1, -0.05) is 71.5 Å². The van der Waals surface area contributed by atoms with Gasteiger partial charge in [0, 0.05) is 17.7 Å². The lowest BCUT2D eigenvalue weighted by Gasteiger charge is -2.31. The number of fused-ring (bicyclic) bond motifs is 1. The summed E-state index contributed by atoms with van der Waals surface area (Å²) in [5.74, 6) is -0.167. The SMILES string of the molecule is C=C(C/C=C(\C)O)N1C(=O)CC(=Nc2cccc(C(F)(F)F)c2)c2ccccc21.C=CCC.CC.CC. The number of alkyl halides is 3. The summed E-state index contributed by atoms with van der Waals surface area (Å²) in [7, 11) is 0. The van der Waals surface area contributed by atoms with Crippen molar-refractivity contribution in [2.75, 3.05) is 4.90 Å². The van der Waals surface area contributed by atoms with Crippen LogP contribution in [0.1, 0.15) is 71.9 Å². The monoisotopic (exact) mass is 516 g/mol. The van der Waals surface area contributed by atoms with Gasteiger partial charge in [0.25, 0.3) is 0 Å². The number of anilines is 1. The highest BCUT2D eigenvalue weighted by atomic mass is 19.4. The maximum Gasteiger partial charge on any atom is 0.416 e. The smallest absolute Gasteiger partial charge is 0.416 e. The molecule has 0 unspecified atom stereocenters. The highest BCUT2D eigenvalue weighted by Crippen LogP contribution is 2.35. The third-order valence-corrected chi connectivity index (χ3v) is 4.70. The van der Waals surface area contributed by atoms with Gasteiger partial charge in [-0.05, 0) is 43.7 Å². The average molecular weight is 517 g/mol. The molecular weight excluding hydrogens is 477 g/mol. The molecule has 2 aromatic rings. The van der Waals surface area contributed by atoms with Crippen LogP contribution in [0.3, 0.4) is 0 Å². The van der Waals surface area contributed by atoms with Crippen LogP contribution < -0.4 is 4.90 Å². The number of rotatable bonds is 5. The molecular formula is C30H39F3N2O2. The number of para-hydroxylation sites is 1. The Balaban J connectivity index is 0.00000145. The summed E-state index contributed by atoms with van der Waals surface area (Å²) in [5.41, 5.74) is 1.41. The molecule has 0 spiro atoms. The molecule has 0 radical (unpaired) electrons. The molecule has 0 saturated heterocycles. The Bertz CT molecular complexity index is 1080. The van der Waals surface area contributed by atoms with E-state index >= 15 is 0 Å². The third-order valence-electron chi connectivity index (χ3n) is 4.70. The molecule has 4 nitrogen and oxygen atoms in total. The summed E-state index contributed by atoms with van der Waals surface area (Å²) >= 11 is 0. The van der Waals surface area contributed by atoms with Gasteiger partial charge in [0.05, 0.1) is 34.8 Å². The van der Waals surface area contributed by atoms with Gasteiger partial charge in [0.1, 0.15) is 0 Å². The number of hydrogen-bond donors (Lipinski definition) is 1. The van der Waals surface area contributed by atoms with Crippen LogP contribution in [0.25, 0.3) is 0 Å². The summed E-state index contributed by atoms with van der Waals surface area (Å²) < 4.78 is 38.9. The number of allylic oxidation sites excluding steroid dienone is 3. The molecule has 37 heavy (non-hydrogen) atoms. The van der Waals surface area contributed by atoms with Crippen molar-refractivity contribution in [2.24, 2.45) is 4.99 Å². The predicted molar refractivity (Wildman–Crippen MR) is 150 cm³/mol. The molecule has 1 amide bonds. The van der Waals surface area contributed by atoms with Crippen molar-refractivity contribution in [3.8, 4) is 0 Å². The Labute approximate surface area is 219 Å². The van der Waals surface area contributed by atoms with Gasteiger partial charge in [-0.3, -0.25) is 14.7 Å². The number of hydrogen-bond acceptors (Lipinski definition) is 3. The molecule has 1 N–H and O–H groups in total. The fourth-order valence-electron chi connectivity index (χ4n) is 3.08. The number of benzene rings is 2. The van der Waals surface area contributed by atoms with Gasteiger partial charge in [-0.15, -0.1) is 6.58 Å². The standard InChI is InChI=1S/C22H19F3N2O2.C4H8.2C2H6/c1-14(10-11-15(2)28)27-20-9-4-3-8-18(20)19(13-21(27)29)26-17-7-5-6-16(12-17)22(23,24)25;1-3-4-2;2*1-2/h3-9,11-12,28H,1,10,13H2,2H3;3H,1,4H2,2H3;2*1-2H3/b15-11+,26-19?;;;. The molecule has 0 saturated carbocycles. The lowest BCUT2D eigenvalue weighted by Crippen LogP contribution is -2.36. The molecule has 7 heteroatoms. The summed E-state index contributed by atoms with van der Waals surface area (Å²) in [6.07, 6.45) is 0.241. The fraction of sp³-hybridized carbons (Fsp3) is 0.333. The van der Waals surface area contributed by atoms with E-state index in [1.165, 1.54) is 24.0 Å². The zero-order chi connectivity index (χ0) is 28.6. The minimum absolute atomic E-state index is 0.0753. The molecule has 0 aromatic heterocycles. The van der Waals surface area contributed by atoms with Crippen molar-refractivity contribution in [2.45, 2.75) is 67.0 Å². The lowest BCUT2D eigenvalue weighted by atomic mass is 9.97. The molecule has 1 heterocycles. The van der Waals surface area contributed by atoms with Gasteiger partial charge in [0.15, 0.2) is 0 Å². The topological polar surface area (TPSA) is 52.9 Å². The van der Waals surface area contributed by atoms with Gasteiger partial charge in [0.2, 0.25) is 5.91 Å². The lowest BCUT2D eigenvalue weighted by molar-refractivity contribution is -0.137. The van der Waals surface area contributed by atoms with E-state index in [1.807, 2.05) is 33.8 Å². The van der Waals surface area contributed by atoms with Crippen LogP contribution in [0.2, 0.25) is 0 Å². The molecule has 0 aliphatic carbocycles. The highest BCUT2D eigenvalue weighted by Gasteiger charge is 2.32. The van der Waals surface area contributed by atoms with Gasteiger partial charge >= 0.3 is 6.18 Å². The second-order valence-electron chi connectivity index (χ2n) is 7.34. The van der Waals surface area contributed by atoms with Crippen molar-refractivity contribution in [3.05, 3.63) is 96.4 Å². The number of amides is 1. The number of halogens is 3. The zero-order valence-electron chi connectivity index (χ0n) is 22.7. The second-order valence-corrected chi connectivity index (χ2v) is 7.34. The van der Waals surface area contributed by atoms with E-state index in [2.05, 4.69) is 25.1 Å². The van der Waals surface area contributed by atoms with Gasteiger partial charge in [-0.25, -0.2) is 0 Å². The number of aliphatic hydroxyl groups is 1. The molecule has 0 atom stereocenters. The van der Waals surface area contributed by atoms with Crippen LogP contribution in [-0.2, 0) is 11.0 Å². The van der Waals surface area contributed by atoms with Crippen molar-refractivity contribution in [1.29, 1.82) is 0 Å². The number of carbonyl (C=O) groups is 1. The van der Waals surface area contributed by atoms with E-state index in [1.54, 1.807) is 30.3 Å². The Kier molecular flexibility index (Phi) is 15.3. The minimum Gasteiger partial charge on any atom is -0.513 e. The van der Waals surface area contributed by atoms with Crippen molar-refractivity contribution < 1.29 is 23.1 Å². The summed E-state index contributed by atoms with van der Waals surface area (Å²) in [6.45, 7) is 19.0. The Morgan fingerprint density at radius 1 is 1.11 bits per heavy atom. The van der Waals surface area contributed by atoms with E-state index < -0.39 is 11.7 Å². The molecule has 202 valence electrons. The minimum atomic E-state index is -4.47. The summed E-state index contributed by atoms with van der Waals surface area (Å²) in [4.78, 5) is 18.6. The average Bonchev–Trinajstić information content (AvgIpc) is 2.89. The maximum absolute atomic E-state index is 13.0. The van der Waals surface area contributed by atoms with Crippen LogP contribution in [-0.4, -0.2) is 16.7 Å². The van der Waals surface area contributed by atoms with Crippen LogP contribution in [0.5, 0.6) is 0 Å². The first-order valence-corrected chi connectivity index (χ1v) is 12.4. The van der Waals surface area contributed by atoms with E-state index in [4.69, 9.17) is 0 Å². The van der Waals surface area contributed by atoms with Crippen molar-refractivity contribution in [1.82, 2.24) is 0 Å². The molecule has 3 rings (SSSR count). The zero-order valence-corrected chi connectivity index (χ0v) is 22.7. The first kappa shape index (κ1) is 33.4. The molecule has 0 bridgehead atoms. The Morgan fingerprint density at radius 3 is 2.24 bits per heavy atom. The summed E-state index contributed by atoms with van der Waals surface area (Å²) in [5, 5.41) is 9.36.